The highest BCUT2D eigenvalue weighted by Gasteiger charge is 2.65. The molecular formula is C62H111NO64P4. The zero-order valence-corrected chi connectivity index (χ0v) is 70.7. The summed E-state index contributed by atoms with van der Waals surface area (Å²) >= 11 is 0. The maximum atomic E-state index is 13.9. The van der Waals surface area contributed by atoms with Crippen molar-refractivity contribution >= 4 is 37.3 Å². The first kappa shape index (κ1) is 113. The van der Waals surface area contributed by atoms with Gasteiger partial charge in [-0.3, -0.25) is 18.1 Å². The number of carboxylic acids is 1. The minimum atomic E-state index is -6.47. The number of ether oxygens (including phenoxy) is 17. The van der Waals surface area contributed by atoms with E-state index in [1.807, 2.05) is 0 Å². The summed E-state index contributed by atoms with van der Waals surface area (Å²) < 4.78 is 173. The molecule has 39 N–H and O–H groups in total. The highest BCUT2D eigenvalue weighted by Crippen LogP contribution is 2.62. The van der Waals surface area contributed by atoms with Gasteiger partial charge in [-0.25, -0.2) is 23.1 Å². The Morgan fingerprint density at radius 2 is 0.718 bits per heavy atom. The number of nitrogens with two attached hydrogens (primary N) is 1. The van der Waals surface area contributed by atoms with Crippen LogP contribution in [0.2, 0.25) is 0 Å². The van der Waals surface area contributed by atoms with Crippen LogP contribution in [0.15, 0.2) is 0 Å². The van der Waals surface area contributed by atoms with Gasteiger partial charge >= 0.3 is 37.3 Å². The highest BCUT2D eigenvalue weighted by molar-refractivity contribution is 7.61. The van der Waals surface area contributed by atoms with Crippen molar-refractivity contribution in [3.8, 4) is 0 Å². The minimum absolute atomic E-state index is 0.594. The Balaban J connectivity index is 1.18. The topological polar surface area (TPSA) is 1060 Å². The normalized spacial score (nSPS) is 46.3. The van der Waals surface area contributed by atoms with Crippen molar-refractivity contribution in [1.82, 2.24) is 0 Å². The SMILES string of the molecule is NCCOP(=O)(O)OP(=O)(O)O[C@@H]1C[C@](O)(C(=O)O)O[C@H]([C@H](O)CO)[C@@H]1O[C@H]1O[C@H]([C@H](CO)O[C@H]2O[C@H](CO)[C@@H](O)[C@H](O)[C@H]2O)[C@@H](O[C@@H]2O[C@H](CO[C@H]3O[C@H]([C@H](CO)O[C@@H]4O[C@H](CO)[C@H](O)[C@H](OP(=O)(O)O)[C@H]4O)[C@@H](O[C@@H]4O[C@H](CO)[C@H](O)[C@H](OP(=O)(O)O)[C@H]4O)[C@H](O)[C@@H]3O)[C@@H](O)[C@H](O)[C@H]2O)[C@H](O[C@H]2O[C@H]([C@@H](O)CO)[C@@H](O)[C@H](O)[C@@H]2O[C@H]2O[C@H]([C@@H](O)CO)[C@@H](O)[C@H](O)[C@@H]2O)[C@@H]1O. The van der Waals surface area contributed by atoms with Crippen LogP contribution in [0.1, 0.15) is 6.42 Å². The van der Waals surface area contributed by atoms with Crippen LogP contribution in [-0.2, 0) is 126 Å². The van der Waals surface area contributed by atoms with Crippen molar-refractivity contribution in [3.05, 3.63) is 0 Å². The van der Waals surface area contributed by atoms with E-state index in [1.165, 1.54) is 0 Å². The quantitative estimate of drug-likeness (QED) is 0.0252. The molecule has 0 bridgehead atoms. The molecule has 768 valence electrons. The third-order valence-electron chi connectivity index (χ3n) is 22.0. The Morgan fingerprint density at radius 3 is 1.21 bits per heavy atom. The molecule has 0 radical (unpaired) electrons. The molecule has 69 heteroatoms. The van der Waals surface area contributed by atoms with Crippen LogP contribution in [0.4, 0.5) is 0 Å². The molecule has 9 heterocycles. The van der Waals surface area contributed by atoms with E-state index in [9.17, 15) is 211 Å². The first-order valence-corrected chi connectivity index (χ1v) is 45.3. The average Bonchev–Trinajstić information content (AvgIpc) is 0.746. The first-order valence-electron chi connectivity index (χ1n) is 39.3. The second-order valence-corrected chi connectivity index (χ2v) is 36.4. The van der Waals surface area contributed by atoms with Gasteiger partial charge in [0.05, 0.1) is 66.1 Å². The number of hydrogen-bond donors (Lipinski definition) is 38. The number of aliphatic hydroxyl groups excluding tert-OH is 29. The number of phosphoric acid groups is 4. The summed E-state index contributed by atoms with van der Waals surface area (Å²) in [6, 6.07) is 0. The molecule has 65 nitrogen and oxygen atoms in total. The number of aliphatic carboxylic acids is 1. The largest absolute Gasteiger partial charge is 0.481 e. The number of aliphatic hydroxyl groups is 30. The van der Waals surface area contributed by atoms with Crippen LogP contribution in [0, 0.1) is 0 Å². The predicted molar refractivity (Wildman–Crippen MR) is 389 cm³/mol. The van der Waals surface area contributed by atoms with Crippen molar-refractivity contribution in [2.24, 2.45) is 5.73 Å². The summed E-state index contributed by atoms with van der Waals surface area (Å²) in [4.78, 5) is 73.2. The van der Waals surface area contributed by atoms with Gasteiger partial charge in [0.1, 0.15) is 244 Å². The van der Waals surface area contributed by atoms with Gasteiger partial charge in [0.2, 0.25) is 0 Å². The Bertz CT molecular complexity index is 3730. The lowest BCUT2D eigenvalue weighted by molar-refractivity contribution is -0.419. The van der Waals surface area contributed by atoms with Crippen LogP contribution in [-0.4, -0.2) is 567 Å². The van der Waals surface area contributed by atoms with E-state index in [4.69, 9.17) is 90.8 Å². The van der Waals surface area contributed by atoms with E-state index in [-0.39, 0.29) is 0 Å². The van der Waals surface area contributed by atoms with Crippen molar-refractivity contribution in [2.45, 2.75) is 307 Å². The number of carbonyl (C=O) groups is 1. The van der Waals surface area contributed by atoms with Crippen molar-refractivity contribution in [3.63, 3.8) is 0 Å². The van der Waals surface area contributed by atoms with Gasteiger partial charge in [-0.05, 0) is 0 Å². The summed E-state index contributed by atoms with van der Waals surface area (Å²) in [7, 11) is -23.9. The Kier molecular flexibility index (Phi) is 40.7. The minimum Gasteiger partial charge on any atom is -0.477 e. The monoisotopic (exact) mass is 2020 g/mol. The van der Waals surface area contributed by atoms with Crippen LogP contribution in [0.5, 0.6) is 0 Å². The van der Waals surface area contributed by atoms with E-state index in [0.717, 1.165) is 0 Å². The molecule has 0 aliphatic carbocycles. The summed E-state index contributed by atoms with van der Waals surface area (Å²) in [5, 5.41) is 347. The van der Waals surface area contributed by atoms with E-state index in [1.54, 1.807) is 0 Å². The molecule has 9 saturated heterocycles. The fourth-order valence-electron chi connectivity index (χ4n) is 15.2. The standard InChI is InChI=1S/C62H111NO64P4/c63-1-2-107-130(102,103)127-131(104,105)124-16-3-62(95,61(93)94)123-43(15(74)6-66)44(16)117-59-40(92)50(120-60-51(32(84)31(83)42(115-60)14(73)5-65)121-56-36(88)29(81)30(82)41(114-56)13(72)4-64)52(46(118-59)21(11-71)111-54-34(86)27(79)23(75)17(7-67)108-54)122-55-35(87)28(80)24(76)22(113-55)12-106-53-37(89)33(85)49(119-58-39(91)48(126-129(99,100)101)26(78)19(9-69)110-58)45(116-53)20(10-70)112-57-38(90)47(125-128(96,97)98)25(77)18(8-68)109-57/h13-60,64-92,95H,1-12,63H2,(H,93,94)(H,102,103)(H,104,105)(H2,96,97,98)(H2,99,100,101)/t13-,14-,15+,16+,17+,18+,19+,20-,21-,22+,23+,24+,25-,26-,27-,28-,29-,30-,31-,32-,33+,34+,35+,36-,37-,38+,39+,40-,41+,42+,43+,44+,45+,46+,47-,48-,49-,50+,51-,52+,53-,54+,55-,56+,57-,58-,59-,60+,62+/m0/s1. The summed E-state index contributed by atoms with van der Waals surface area (Å²) in [6.45, 7) is -14.7. The molecule has 131 heavy (non-hydrogen) atoms. The third-order valence-corrected chi connectivity index (χ3v) is 25.7. The molecule has 9 aliphatic rings. The maximum Gasteiger partial charge on any atom is 0.481 e. The summed E-state index contributed by atoms with van der Waals surface area (Å²) in [5.41, 5.74) is 5.31. The molecular weight excluding hydrogens is 1910 g/mol. The molecule has 0 spiro atoms. The van der Waals surface area contributed by atoms with Gasteiger partial charge in [-0.15, -0.1) is 0 Å². The van der Waals surface area contributed by atoms with Gasteiger partial charge in [0.15, 0.2) is 50.3 Å². The van der Waals surface area contributed by atoms with Crippen LogP contribution < -0.4 is 5.73 Å². The Morgan fingerprint density at radius 1 is 0.359 bits per heavy atom. The third kappa shape index (κ3) is 26.5. The Labute approximate surface area is 734 Å². The second kappa shape index (κ2) is 47.3. The van der Waals surface area contributed by atoms with Gasteiger partial charge in [-0.2, -0.15) is 4.31 Å². The highest BCUT2D eigenvalue weighted by atomic mass is 31.3. The predicted octanol–water partition coefficient (Wildman–Crippen LogP) is -22.9. The Hall–Kier alpha value is -1.97. The molecule has 51 atom stereocenters. The van der Waals surface area contributed by atoms with Crippen molar-refractivity contribution in [2.75, 3.05) is 72.6 Å². The number of hydrogen-bond acceptors (Lipinski definition) is 58. The lowest BCUT2D eigenvalue weighted by Gasteiger charge is -2.53. The fraction of sp³-hybridized carbons (Fsp3) is 0.984. The molecule has 0 aromatic heterocycles. The second-order valence-electron chi connectivity index (χ2n) is 31.0. The van der Waals surface area contributed by atoms with E-state index in [2.05, 4.69) is 17.9 Å². The fourth-order valence-corrected chi connectivity index (χ4v) is 18.6. The van der Waals surface area contributed by atoms with Crippen LogP contribution >= 0.6 is 31.3 Å². The molecule has 9 aliphatic heterocycles. The maximum absolute atomic E-state index is 13.9. The lowest BCUT2D eigenvalue weighted by Crippen LogP contribution is -2.71. The van der Waals surface area contributed by atoms with Gasteiger partial charge in [-0.1, -0.05) is 0 Å². The van der Waals surface area contributed by atoms with Gasteiger partial charge in [0, 0.05) is 13.0 Å². The van der Waals surface area contributed by atoms with Gasteiger partial charge in [0.25, 0.3) is 5.79 Å². The lowest BCUT2D eigenvalue weighted by atomic mass is 9.91. The van der Waals surface area contributed by atoms with E-state index < -0.39 is 417 Å². The number of carboxylic acid groups (broad SMARTS) is 1. The molecule has 9 fully saturated rings. The summed E-state index contributed by atoms with van der Waals surface area (Å²) in [5.74, 6) is -6.33. The van der Waals surface area contributed by atoms with Crippen LogP contribution in [0.25, 0.3) is 0 Å². The molecule has 9 rings (SSSR count). The molecule has 2 unspecified atom stereocenters. The van der Waals surface area contributed by atoms with Crippen molar-refractivity contribution < 1.29 is 314 Å². The van der Waals surface area contributed by atoms with E-state index >= 15 is 0 Å². The molecule has 0 amide bonds. The zero-order chi connectivity index (χ0) is 97.8. The smallest absolute Gasteiger partial charge is 0.477 e. The number of phosphoric ester groups is 4. The number of rotatable bonds is 42. The molecule has 0 aromatic rings. The first-order chi connectivity index (χ1) is 61.1. The zero-order valence-electron chi connectivity index (χ0n) is 67.1. The van der Waals surface area contributed by atoms with Gasteiger partial charge < -0.3 is 274 Å². The van der Waals surface area contributed by atoms with Crippen LogP contribution in [0.3, 0.4) is 0 Å². The average molecular weight is 2020 g/mol. The molecule has 0 saturated carbocycles. The summed E-state index contributed by atoms with van der Waals surface area (Å²) in [6.07, 6.45) is -127. The van der Waals surface area contributed by atoms with E-state index in [0.29, 0.717) is 0 Å². The molecule has 0 aromatic carbocycles. The van der Waals surface area contributed by atoms with Crippen molar-refractivity contribution in [1.29, 1.82) is 0 Å².